The first-order chi connectivity index (χ1) is 13.9. The summed E-state index contributed by atoms with van der Waals surface area (Å²) in [6.07, 6.45) is 1.96. The lowest BCUT2D eigenvalue weighted by molar-refractivity contribution is -0.384. The average Bonchev–Trinajstić information content (AvgIpc) is 3.09. The van der Waals surface area contributed by atoms with Gasteiger partial charge in [-0.3, -0.25) is 14.9 Å². The Labute approximate surface area is 168 Å². The van der Waals surface area contributed by atoms with E-state index >= 15 is 0 Å². The molecule has 3 aromatic rings. The number of fused-ring (bicyclic) bond motifs is 1. The normalized spacial score (nSPS) is 14.4. The molecule has 7 nitrogen and oxygen atoms in total. The summed E-state index contributed by atoms with van der Waals surface area (Å²) in [4.78, 5) is 27.5. The van der Waals surface area contributed by atoms with E-state index in [0.29, 0.717) is 38.3 Å². The van der Waals surface area contributed by atoms with Gasteiger partial charge in [-0.1, -0.05) is 12.1 Å². The van der Waals surface area contributed by atoms with Gasteiger partial charge >= 0.3 is 0 Å². The fourth-order valence-electron chi connectivity index (χ4n) is 3.83. The third-order valence-electron chi connectivity index (χ3n) is 5.66. The van der Waals surface area contributed by atoms with Crippen LogP contribution in [0.5, 0.6) is 0 Å². The van der Waals surface area contributed by atoms with Crippen LogP contribution in [0.2, 0.25) is 0 Å². The monoisotopic (exact) mass is 393 g/mol. The van der Waals surface area contributed by atoms with Gasteiger partial charge < -0.3 is 14.2 Å². The summed E-state index contributed by atoms with van der Waals surface area (Å²) in [5.41, 5.74) is 4.74. The SMILES string of the molecule is Cc1cc2occ(CC(=O)N3CCN(c4ccccc4[N+](=O)[O-])CC3)c2cc1C. The molecule has 0 saturated carbocycles. The zero-order valence-electron chi connectivity index (χ0n) is 16.6. The maximum absolute atomic E-state index is 12.8. The Balaban J connectivity index is 1.44. The highest BCUT2D eigenvalue weighted by atomic mass is 16.6. The number of benzene rings is 2. The number of nitro benzene ring substituents is 1. The van der Waals surface area contributed by atoms with Gasteiger partial charge in [-0.15, -0.1) is 0 Å². The smallest absolute Gasteiger partial charge is 0.292 e. The number of rotatable bonds is 4. The van der Waals surface area contributed by atoms with Crippen LogP contribution in [0.15, 0.2) is 47.1 Å². The fourth-order valence-corrected chi connectivity index (χ4v) is 3.83. The Morgan fingerprint density at radius 2 is 1.79 bits per heavy atom. The van der Waals surface area contributed by atoms with Crippen molar-refractivity contribution in [2.45, 2.75) is 20.3 Å². The van der Waals surface area contributed by atoms with E-state index in [1.54, 1.807) is 24.5 Å². The predicted molar refractivity (Wildman–Crippen MR) is 111 cm³/mol. The predicted octanol–water partition coefficient (Wildman–Crippen LogP) is 3.85. The van der Waals surface area contributed by atoms with E-state index in [4.69, 9.17) is 4.42 Å². The second kappa shape index (κ2) is 7.58. The van der Waals surface area contributed by atoms with Gasteiger partial charge in [0.05, 0.1) is 17.6 Å². The number of nitro groups is 1. The summed E-state index contributed by atoms with van der Waals surface area (Å²) in [7, 11) is 0. The van der Waals surface area contributed by atoms with E-state index in [9.17, 15) is 14.9 Å². The van der Waals surface area contributed by atoms with Crippen molar-refractivity contribution in [2.75, 3.05) is 31.1 Å². The zero-order valence-corrected chi connectivity index (χ0v) is 16.6. The molecule has 0 bridgehead atoms. The van der Waals surface area contributed by atoms with E-state index in [1.807, 2.05) is 22.8 Å². The Morgan fingerprint density at radius 3 is 2.52 bits per heavy atom. The lowest BCUT2D eigenvalue weighted by atomic mass is 10.0. The number of amides is 1. The minimum absolute atomic E-state index is 0.0492. The van der Waals surface area contributed by atoms with Crippen LogP contribution in [0.25, 0.3) is 11.0 Å². The molecule has 1 aliphatic rings. The van der Waals surface area contributed by atoms with Crippen molar-refractivity contribution in [1.82, 2.24) is 4.90 Å². The molecule has 1 amide bonds. The molecule has 1 aromatic heterocycles. The van der Waals surface area contributed by atoms with Crippen LogP contribution in [-0.2, 0) is 11.2 Å². The van der Waals surface area contributed by atoms with Gasteiger partial charge in [-0.25, -0.2) is 0 Å². The number of carbonyl (C=O) groups is 1. The van der Waals surface area contributed by atoms with E-state index in [-0.39, 0.29) is 16.5 Å². The summed E-state index contributed by atoms with van der Waals surface area (Å²) < 4.78 is 5.64. The van der Waals surface area contributed by atoms with Gasteiger partial charge in [0.2, 0.25) is 5.91 Å². The average molecular weight is 393 g/mol. The summed E-state index contributed by atoms with van der Waals surface area (Å²) in [6.45, 7) is 6.31. The number of hydrogen-bond donors (Lipinski definition) is 0. The first kappa shape index (κ1) is 19.0. The maximum Gasteiger partial charge on any atom is 0.292 e. The summed E-state index contributed by atoms with van der Waals surface area (Å²) >= 11 is 0. The van der Waals surface area contributed by atoms with E-state index in [2.05, 4.69) is 13.0 Å². The largest absolute Gasteiger partial charge is 0.464 e. The molecule has 4 rings (SSSR count). The highest BCUT2D eigenvalue weighted by molar-refractivity contribution is 5.88. The van der Waals surface area contributed by atoms with Crippen molar-refractivity contribution in [3.63, 3.8) is 0 Å². The lowest BCUT2D eigenvalue weighted by Gasteiger charge is -2.35. The topological polar surface area (TPSA) is 79.8 Å². The summed E-state index contributed by atoms with van der Waals surface area (Å²) in [6, 6.07) is 10.8. The molecule has 2 heterocycles. The Morgan fingerprint density at radius 1 is 1.10 bits per heavy atom. The molecule has 29 heavy (non-hydrogen) atoms. The second-order valence-corrected chi connectivity index (χ2v) is 7.48. The van der Waals surface area contributed by atoms with Gasteiger partial charge in [0.25, 0.3) is 5.69 Å². The van der Waals surface area contributed by atoms with Crippen LogP contribution in [0, 0.1) is 24.0 Å². The number of furan rings is 1. The first-order valence-corrected chi connectivity index (χ1v) is 9.67. The number of anilines is 1. The number of aryl methyl sites for hydroxylation is 2. The van der Waals surface area contributed by atoms with Crippen LogP contribution < -0.4 is 4.90 Å². The number of piperazine rings is 1. The second-order valence-electron chi connectivity index (χ2n) is 7.48. The molecule has 1 saturated heterocycles. The number of carbonyl (C=O) groups excluding carboxylic acids is 1. The maximum atomic E-state index is 12.8. The highest BCUT2D eigenvalue weighted by Crippen LogP contribution is 2.29. The van der Waals surface area contributed by atoms with Crippen LogP contribution >= 0.6 is 0 Å². The molecule has 0 N–H and O–H groups in total. The molecule has 1 fully saturated rings. The third-order valence-corrected chi connectivity index (χ3v) is 5.66. The van der Waals surface area contributed by atoms with Crippen LogP contribution in [0.4, 0.5) is 11.4 Å². The van der Waals surface area contributed by atoms with Crippen LogP contribution in [0.3, 0.4) is 0 Å². The van der Waals surface area contributed by atoms with E-state index < -0.39 is 0 Å². The molecule has 0 spiro atoms. The fraction of sp³-hybridized carbons (Fsp3) is 0.318. The Hall–Kier alpha value is -3.35. The standard InChI is InChI=1S/C22H23N3O4/c1-15-11-18-17(14-29-21(18)12-16(15)2)13-22(26)24-9-7-23(8-10-24)19-5-3-4-6-20(19)25(27)28/h3-6,11-12,14H,7-10,13H2,1-2H3. The number of nitrogens with zero attached hydrogens (tertiary/aromatic N) is 3. The Kier molecular flexibility index (Phi) is 4.96. The van der Waals surface area contributed by atoms with Gasteiger partial charge in [-0.2, -0.15) is 0 Å². The van der Waals surface area contributed by atoms with Crippen molar-refractivity contribution < 1.29 is 14.1 Å². The molecule has 150 valence electrons. The van der Waals surface area contributed by atoms with Crippen molar-refractivity contribution in [2.24, 2.45) is 0 Å². The minimum Gasteiger partial charge on any atom is -0.464 e. The van der Waals surface area contributed by atoms with E-state index in [1.165, 1.54) is 11.6 Å². The van der Waals surface area contributed by atoms with Gasteiger partial charge in [0.1, 0.15) is 11.3 Å². The highest BCUT2D eigenvalue weighted by Gasteiger charge is 2.26. The molecule has 0 unspecified atom stereocenters. The van der Waals surface area contributed by atoms with Crippen LogP contribution in [-0.4, -0.2) is 41.9 Å². The molecule has 0 radical (unpaired) electrons. The van der Waals surface area contributed by atoms with Crippen molar-refractivity contribution in [1.29, 1.82) is 0 Å². The van der Waals surface area contributed by atoms with Gasteiger partial charge in [0.15, 0.2) is 0 Å². The summed E-state index contributed by atoms with van der Waals surface area (Å²) in [5, 5.41) is 12.3. The third kappa shape index (κ3) is 3.68. The quantitative estimate of drug-likeness (QED) is 0.497. The zero-order chi connectivity index (χ0) is 20.5. The minimum atomic E-state index is -0.361. The van der Waals surface area contributed by atoms with Crippen molar-refractivity contribution in [3.05, 3.63) is 69.5 Å². The molecular formula is C22H23N3O4. The van der Waals surface area contributed by atoms with Gasteiger partial charge in [0, 0.05) is 43.2 Å². The molecule has 0 aliphatic carbocycles. The molecule has 2 aromatic carbocycles. The Bertz CT molecular complexity index is 1080. The molecule has 1 aliphatic heterocycles. The molecule has 0 atom stereocenters. The number of para-hydroxylation sites is 2. The van der Waals surface area contributed by atoms with E-state index in [0.717, 1.165) is 22.1 Å². The first-order valence-electron chi connectivity index (χ1n) is 9.67. The van der Waals surface area contributed by atoms with Crippen molar-refractivity contribution in [3.8, 4) is 0 Å². The number of hydrogen-bond acceptors (Lipinski definition) is 5. The molecule has 7 heteroatoms. The summed E-state index contributed by atoms with van der Waals surface area (Å²) in [5.74, 6) is 0.0492. The van der Waals surface area contributed by atoms with Crippen molar-refractivity contribution >= 4 is 28.3 Å². The van der Waals surface area contributed by atoms with Gasteiger partial charge in [-0.05, 0) is 43.2 Å². The molecular weight excluding hydrogens is 370 g/mol. The van der Waals surface area contributed by atoms with Crippen LogP contribution in [0.1, 0.15) is 16.7 Å². The lowest BCUT2D eigenvalue weighted by Crippen LogP contribution is -2.49.